The molecule has 0 spiro atoms. The van der Waals surface area contributed by atoms with Gasteiger partial charge in [-0.3, -0.25) is 0 Å². The van der Waals surface area contributed by atoms with Gasteiger partial charge in [-0.1, -0.05) is 12.1 Å². The highest BCUT2D eigenvalue weighted by molar-refractivity contribution is 5.75. The zero-order chi connectivity index (χ0) is 15.4. The molecule has 0 saturated carbocycles. The van der Waals surface area contributed by atoms with Crippen molar-refractivity contribution in [1.29, 1.82) is 0 Å². The largest absolute Gasteiger partial charge is 0.387 e. The van der Waals surface area contributed by atoms with E-state index in [1.54, 1.807) is 0 Å². The number of hydrogen-bond acceptors (Lipinski definition) is 2. The van der Waals surface area contributed by atoms with Crippen molar-refractivity contribution in [3.05, 3.63) is 35.6 Å². The van der Waals surface area contributed by atoms with Crippen LogP contribution in [0.1, 0.15) is 44.8 Å². The molecule has 2 rings (SSSR count). The number of hydrogen-bond donors (Lipinski definition) is 2. The second kappa shape index (κ2) is 6.89. The van der Waals surface area contributed by atoms with E-state index in [0.717, 1.165) is 19.3 Å². The van der Waals surface area contributed by atoms with E-state index < -0.39 is 6.10 Å². The number of amides is 2. The van der Waals surface area contributed by atoms with Crippen molar-refractivity contribution in [2.24, 2.45) is 0 Å². The lowest BCUT2D eigenvalue weighted by atomic mass is 9.98. The van der Waals surface area contributed by atoms with Crippen molar-refractivity contribution in [3.63, 3.8) is 0 Å². The first-order chi connectivity index (χ1) is 9.99. The third kappa shape index (κ3) is 3.94. The van der Waals surface area contributed by atoms with Gasteiger partial charge in [-0.25, -0.2) is 9.18 Å². The van der Waals surface area contributed by atoms with Crippen LogP contribution in [-0.4, -0.2) is 34.7 Å². The maximum Gasteiger partial charge on any atom is 0.317 e. The summed E-state index contributed by atoms with van der Waals surface area (Å²) in [5.74, 6) is -0.342. The van der Waals surface area contributed by atoms with E-state index in [2.05, 4.69) is 5.32 Å². The molecule has 116 valence electrons. The van der Waals surface area contributed by atoms with Crippen LogP contribution in [0.4, 0.5) is 9.18 Å². The van der Waals surface area contributed by atoms with Crippen LogP contribution < -0.4 is 5.32 Å². The number of aliphatic hydroxyl groups excluding tert-OH is 1. The summed E-state index contributed by atoms with van der Waals surface area (Å²) in [6.07, 6.45) is 2.34. The number of carbonyl (C=O) groups is 1. The maximum absolute atomic E-state index is 12.8. The van der Waals surface area contributed by atoms with Gasteiger partial charge in [-0.2, -0.15) is 0 Å². The molecule has 1 heterocycles. The van der Waals surface area contributed by atoms with Crippen LogP contribution in [-0.2, 0) is 0 Å². The number of aliphatic hydroxyl groups is 1. The molecule has 3 unspecified atom stereocenters. The Morgan fingerprint density at radius 1 is 1.33 bits per heavy atom. The van der Waals surface area contributed by atoms with Crippen molar-refractivity contribution in [1.82, 2.24) is 10.2 Å². The standard InChI is InChI=1S/C16H23FN2O2/c1-11-4-3-5-12(2)19(11)16(21)18-10-15(20)13-6-8-14(17)9-7-13/h6-9,11-12,15,20H,3-5,10H2,1-2H3,(H,18,21). The zero-order valence-corrected chi connectivity index (χ0v) is 12.6. The average molecular weight is 294 g/mol. The van der Waals surface area contributed by atoms with E-state index in [9.17, 15) is 14.3 Å². The Morgan fingerprint density at radius 3 is 2.48 bits per heavy atom. The summed E-state index contributed by atoms with van der Waals surface area (Å²) in [5, 5.41) is 12.8. The monoisotopic (exact) mass is 294 g/mol. The summed E-state index contributed by atoms with van der Waals surface area (Å²) in [4.78, 5) is 14.1. The van der Waals surface area contributed by atoms with Crippen LogP contribution in [0.15, 0.2) is 24.3 Å². The molecule has 0 aromatic heterocycles. The van der Waals surface area contributed by atoms with Gasteiger partial charge in [0, 0.05) is 18.6 Å². The molecule has 0 radical (unpaired) electrons. The topological polar surface area (TPSA) is 52.6 Å². The maximum atomic E-state index is 12.8. The lowest BCUT2D eigenvalue weighted by molar-refractivity contribution is 0.115. The predicted molar refractivity (Wildman–Crippen MR) is 79.4 cm³/mol. The number of likely N-dealkylation sites (tertiary alicyclic amines) is 1. The summed E-state index contributed by atoms with van der Waals surface area (Å²) >= 11 is 0. The Labute approximate surface area is 125 Å². The highest BCUT2D eigenvalue weighted by Gasteiger charge is 2.28. The molecule has 1 aliphatic rings. The number of rotatable bonds is 3. The Hall–Kier alpha value is -1.62. The first kappa shape index (κ1) is 15.8. The SMILES string of the molecule is CC1CCCC(C)N1C(=O)NCC(O)c1ccc(F)cc1. The number of piperidine rings is 1. The van der Waals surface area contributed by atoms with Crippen molar-refractivity contribution in [3.8, 4) is 0 Å². The van der Waals surface area contributed by atoms with Gasteiger partial charge in [0.05, 0.1) is 6.10 Å². The molecule has 1 aromatic rings. The molecular weight excluding hydrogens is 271 g/mol. The highest BCUT2D eigenvalue weighted by Crippen LogP contribution is 2.22. The lowest BCUT2D eigenvalue weighted by Crippen LogP contribution is -2.52. The van der Waals surface area contributed by atoms with Gasteiger partial charge in [0.1, 0.15) is 5.82 Å². The fourth-order valence-electron chi connectivity index (χ4n) is 2.90. The Kier molecular flexibility index (Phi) is 5.17. The molecule has 1 aromatic carbocycles. The van der Waals surface area contributed by atoms with Crippen molar-refractivity contribution in [2.75, 3.05) is 6.54 Å². The first-order valence-electron chi connectivity index (χ1n) is 7.48. The van der Waals surface area contributed by atoms with Crippen LogP contribution in [0.5, 0.6) is 0 Å². The molecule has 4 nitrogen and oxygen atoms in total. The number of benzene rings is 1. The van der Waals surface area contributed by atoms with Gasteiger partial charge in [-0.15, -0.1) is 0 Å². The Balaban J connectivity index is 1.89. The fraction of sp³-hybridized carbons (Fsp3) is 0.562. The van der Waals surface area contributed by atoms with Gasteiger partial charge in [0.15, 0.2) is 0 Å². The minimum Gasteiger partial charge on any atom is -0.387 e. The van der Waals surface area contributed by atoms with Crippen LogP contribution in [0.3, 0.4) is 0 Å². The third-order valence-electron chi connectivity index (χ3n) is 4.13. The summed E-state index contributed by atoms with van der Waals surface area (Å²) in [6, 6.07) is 5.95. The Bertz CT molecular complexity index is 468. The highest BCUT2D eigenvalue weighted by atomic mass is 19.1. The number of halogens is 1. The lowest BCUT2D eigenvalue weighted by Gasteiger charge is -2.39. The van der Waals surface area contributed by atoms with Crippen molar-refractivity contribution >= 4 is 6.03 Å². The smallest absolute Gasteiger partial charge is 0.317 e. The second-order valence-corrected chi connectivity index (χ2v) is 5.79. The quantitative estimate of drug-likeness (QED) is 0.900. The molecule has 1 fully saturated rings. The summed E-state index contributed by atoms with van der Waals surface area (Å²) in [5.41, 5.74) is 0.594. The fourth-order valence-corrected chi connectivity index (χ4v) is 2.90. The van der Waals surface area contributed by atoms with Crippen LogP contribution in [0.2, 0.25) is 0 Å². The molecule has 2 N–H and O–H groups in total. The molecule has 3 atom stereocenters. The zero-order valence-electron chi connectivity index (χ0n) is 12.6. The third-order valence-corrected chi connectivity index (χ3v) is 4.13. The van der Waals surface area contributed by atoms with Crippen LogP contribution >= 0.6 is 0 Å². The summed E-state index contributed by atoms with van der Waals surface area (Å²) < 4.78 is 12.8. The van der Waals surface area contributed by atoms with Gasteiger partial charge >= 0.3 is 6.03 Å². The molecule has 0 bridgehead atoms. The van der Waals surface area contributed by atoms with Crippen LogP contribution in [0.25, 0.3) is 0 Å². The molecule has 1 aliphatic heterocycles. The molecular formula is C16H23FN2O2. The van der Waals surface area contributed by atoms with Crippen molar-refractivity contribution in [2.45, 2.75) is 51.3 Å². The minimum atomic E-state index is -0.829. The molecule has 2 amide bonds. The normalized spacial score (nSPS) is 23.7. The van der Waals surface area contributed by atoms with Gasteiger partial charge in [0.2, 0.25) is 0 Å². The second-order valence-electron chi connectivity index (χ2n) is 5.79. The number of nitrogens with one attached hydrogen (secondary N) is 1. The molecule has 1 saturated heterocycles. The summed E-state index contributed by atoms with van der Waals surface area (Å²) in [7, 11) is 0. The molecule has 5 heteroatoms. The van der Waals surface area contributed by atoms with E-state index in [1.807, 2.05) is 18.7 Å². The Morgan fingerprint density at radius 2 is 1.90 bits per heavy atom. The van der Waals surface area contributed by atoms with Gasteiger partial charge in [-0.05, 0) is 50.8 Å². The van der Waals surface area contributed by atoms with E-state index >= 15 is 0 Å². The average Bonchev–Trinajstić information content (AvgIpc) is 2.45. The van der Waals surface area contributed by atoms with E-state index in [4.69, 9.17) is 0 Å². The molecule has 21 heavy (non-hydrogen) atoms. The minimum absolute atomic E-state index is 0.125. The predicted octanol–water partition coefficient (Wildman–Crippen LogP) is 2.83. The van der Waals surface area contributed by atoms with Crippen molar-refractivity contribution < 1.29 is 14.3 Å². The van der Waals surface area contributed by atoms with E-state index in [1.165, 1.54) is 24.3 Å². The van der Waals surface area contributed by atoms with Gasteiger partial charge < -0.3 is 15.3 Å². The molecule has 0 aliphatic carbocycles. The van der Waals surface area contributed by atoms with Gasteiger partial charge in [0.25, 0.3) is 0 Å². The summed E-state index contributed by atoms with van der Waals surface area (Å²) in [6.45, 7) is 4.22. The van der Waals surface area contributed by atoms with E-state index in [-0.39, 0.29) is 30.5 Å². The van der Waals surface area contributed by atoms with E-state index in [0.29, 0.717) is 5.56 Å². The van der Waals surface area contributed by atoms with Crippen LogP contribution in [0, 0.1) is 5.82 Å². The number of urea groups is 1. The number of carbonyl (C=O) groups excluding carboxylic acids is 1. The first-order valence-corrected chi connectivity index (χ1v) is 7.48. The number of nitrogens with zero attached hydrogens (tertiary/aromatic N) is 1.